The van der Waals surface area contributed by atoms with Crippen LogP contribution in [0.2, 0.25) is 0 Å². The Morgan fingerprint density at radius 1 is 1.15 bits per heavy atom. The molecular formula is C20H19F3N2O2. The zero-order chi connectivity index (χ0) is 19.8. The second-order valence-electron chi connectivity index (χ2n) is 6.62. The van der Waals surface area contributed by atoms with Crippen LogP contribution in [0.25, 0.3) is 0 Å². The summed E-state index contributed by atoms with van der Waals surface area (Å²) < 4.78 is 38.4. The molecule has 0 saturated carbocycles. The molecule has 3 rings (SSSR count). The molecule has 2 aromatic carbocycles. The third-order valence-corrected chi connectivity index (χ3v) is 4.85. The molecule has 0 radical (unpaired) electrons. The lowest BCUT2D eigenvalue weighted by Gasteiger charge is -2.20. The maximum absolute atomic E-state index is 12.8. The van der Waals surface area contributed by atoms with Gasteiger partial charge in [-0.05, 0) is 55.7 Å². The molecule has 4 nitrogen and oxygen atoms in total. The molecule has 1 aliphatic rings. The lowest BCUT2D eigenvalue weighted by molar-refractivity contribution is -0.137. The number of benzene rings is 2. The summed E-state index contributed by atoms with van der Waals surface area (Å²) in [7, 11) is 0. The Hall–Kier alpha value is -2.83. The van der Waals surface area contributed by atoms with Gasteiger partial charge in [0.2, 0.25) is 11.8 Å². The van der Waals surface area contributed by atoms with Crippen LogP contribution in [0, 0.1) is 19.8 Å². The number of nitrogens with one attached hydrogen (secondary N) is 1. The van der Waals surface area contributed by atoms with Crippen LogP contribution < -0.4 is 10.2 Å². The number of nitrogens with zero attached hydrogens (tertiary/aromatic N) is 1. The fourth-order valence-corrected chi connectivity index (χ4v) is 3.19. The molecule has 27 heavy (non-hydrogen) atoms. The molecule has 0 bridgehead atoms. The standard InChI is InChI=1S/C20H19F3N2O2/c1-12-5-3-8-17(13(12)2)25-10-9-16(19(25)27)18(26)24-15-7-4-6-14(11-15)20(21,22)23/h3-8,11,16H,9-10H2,1-2H3,(H,24,26). The molecule has 1 heterocycles. The largest absolute Gasteiger partial charge is 0.416 e. The Balaban J connectivity index is 1.75. The third-order valence-electron chi connectivity index (χ3n) is 4.85. The molecule has 1 fully saturated rings. The van der Waals surface area contributed by atoms with E-state index in [1.54, 1.807) is 4.90 Å². The number of aryl methyl sites for hydroxylation is 1. The number of carbonyl (C=O) groups is 2. The summed E-state index contributed by atoms with van der Waals surface area (Å²) in [5.41, 5.74) is 1.93. The van der Waals surface area contributed by atoms with Crippen LogP contribution in [0.3, 0.4) is 0 Å². The zero-order valence-corrected chi connectivity index (χ0v) is 14.9. The number of hydrogen-bond acceptors (Lipinski definition) is 2. The number of rotatable bonds is 3. The zero-order valence-electron chi connectivity index (χ0n) is 14.9. The number of carbonyl (C=O) groups excluding carboxylic acids is 2. The SMILES string of the molecule is Cc1cccc(N2CCC(C(=O)Nc3cccc(C(F)(F)F)c3)C2=O)c1C. The van der Waals surface area contributed by atoms with Gasteiger partial charge in [-0.2, -0.15) is 13.2 Å². The van der Waals surface area contributed by atoms with Gasteiger partial charge >= 0.3 is 6.18 Å². The summed E-state index contributed by atoms with van der Waals surface area (Å²) >= 11 is 0. The van der Waals surface area contributed by atoms with E-state index in [0.717, 1.165) is 28.9 Å². The van der Waals surface area contributed by atoms with E-state index in [4.69, 9.17) is 0 Å². The van der Waals surface area contributed by atoms with Gasteiger partial charge in [-0.3, -0.25) is 9.59 Å². The molecule has 1 unspecified atom stereocenters. The van der Waals surface area contributed by atoms with Crippen molar-refractivity contribution >= 4 is 23.2 Å². The molecule has 0 aromatic heterocycles. The Morgan fingerprint density at radius 2 is 1.85 bits per heavy atom. The van der Waals surface area contributed by atoms with Crippen molar-refractivity contribution in [2.24, 2.45) is 5.92 Å². The fraction of sp³-hybridized carbons (Fsp3) is 0.300. The van der Waals surface area contributed by atoms with Gasteiger partial charge in [-0.25, -0.2) is 0 Å². The molecule has 1 saturated heterocycles. The topological polar surface area (TPSA) is 49.4 Å². The van der Waals surface area contributed by atoms with Gasteiger partial charge in [-0.15, -0.1) is 0 Å². The van der Waals surface area contributed by atoms with Crippen LogP contribution in [0.15, 0.2) is 42.5 Å². The Kier molecular flexibility index (Phi) is 4.95. The lowest BCUT2D eigenvalue weighted by Crippen LogP contribution is -2.33. The van der Waals surface area contributed by atoms with Crippen molar-refractivity contribution in [3.05, 3.63) is 59.2 Å². The van der Waals surface area contributed by atoms with E-state index in [1.807, 2.05) is 32.0 Å². The van der Waals surface area contributed by atoms with Crippen LogP contribution in [0.1, 0.15) is 23.1 Å². The maximum Gasteiger partial charge on any atom is 0.416 e. The summed E-state index contributed by atoms with van der Waals surface area (Å²) in [5.74, 6) is -1.85. The molecule has 0 aliphatic carbocycles. The van der Waals surface area contributed by atoms with Gasteiger partial charge in [0.1, 0.15) is 5.92 Å². The minimum Gasteiger partial charge on any atom is -0.325 e. The van der Waals surface area contributed by atoms with Crippen LogP contribution in [0.5, 0.6) is 0 Å². The summed E-state index contributed by atoms with van der Waals surface area (Å²) in [6.45, 7) is 4.25. The number of halogens is 3. The molecule has 1 atom stereocenters. The van der Waals surface area contributed by atoms with E-state index in [2.05, 4.69) is 5.32 Å². The molecule has 7 heteroatoms. The average Bonchev–Trinajstić information content (AvgIpc) is 2.98. The van der Waals surface area contributed by atoms with Crippen molar-refractivity contribution in [1.82, 2.24) is 0 Å². The molecular weight excluding hydrogens is 357 g/mol. The van der Waals surface area contributed by atoms with Gasteiger partial charge in [0.25, 0.3) is 0 Å². The summed E-state index contributed by atoms with van der Waals surface area (Å²) in [5, 5.41) is 2.44. The normalized spacial score (nSPS) is 17.3. The van der Waals surface area contributed by atoms with Crippen molar-refractivity contribution in [2.75, 3.05) is 16.8 Å². The lowest BCUT2D eigenvalue weighted by atomic mass is 10.1. The molecule has 0 spiro atoms. The molecule has 142 valence electrons. The molecule has 1 N–H and O–H groups in total. The second kappa shape index (κ2) is 7.06. The highest BCUT2D eigenvalue weighted by atomic mass is 19.4. The first-order chi connectivity index (χ1) is 12.7. The Labute approximate surface area is 155 Å². The van der Waals surface area contributed by atoms with Crippen molar-refractivity contribution in [3.8, 4) is 0 Å². The number of hydrogen-bond donors (Lipinski definition) is 1. The van der Waals surface area contributed by atoms with Crippen molar-refractivity contribution in [2.45, 2.75) is 26.4 Å². The molecule has 2 amide bonds. The highest BCUT2D eigenvalue weighted by molar-refractivity contribution is 6.13. The highest BCUT2D eigenvalue weighted by Gasteiger charge is 2.38. The van der Waals surface area contributed by atoms with Gasteiger partial charge in [0.05, 0.1) is 5.56 Å². The number of amides is 2. The summed E-state index contributed by atoms with van der Waals surface area (Å²) in [6, 6.07) is 10.00. The first kappa shape index (κ1) is 18.9. The van der Waals surface area contributed by atoms with Crippen molar-refractivity contribution < 1.29 is 22.8 Å². The Bertz CT molecular complexity index is 893. The summed E-state index contributed by atoms with van der Waals surface area (Å²) in [6.07, 6.45) is -4.18. The molecule has 2 aromatic rings. The van der Waals surface area contributed by atoms with Crippen LogP contribution in [0.4, 0.5) is 24.5 Å². The van der Waals surface area contributed by atoms with E-state index in [-0.39, 0.29) is 11.6 Å². The molecule has 1 aliphatic heterocycles. The predicted octanol–water partition coefficient (Wildman–Crippen LogP) is 4.31. The second-order valence-corrected chi connectivity index (χ2v) is 6.62. The summed E-state index contributed by atoms with van der Waals surface area (Å²) in [4.78, 5) is 26.8. The fourth-order valence-electron chi connectivity index (χ4n) is 3.19. The van der Waals surface area contributed by atoms with Gasteiger partial charge in [0, 0.05) is 17.9 Å². The number of anilines is 2. The minimum atomic E-state index is -4.50. The van der Waals surface area contributed by atoms with Crippen LogP contribution in [-0.4, -0.2) is 18.4 Å². The Morgan fingerprint density at radius 3 is 2.56 bits per heavy atom. The average molecular weight is 376 g/mol. The smallest absolute Gasteiger partial charge is 0.325 e. The minimum absolute atomic E-state index is 0.0211. The van der Waals surface area contributed by atoms with Gasteiger partial charge < -0.3 is 10.2 Å². The van der Waals surface area contributed by atoms with Gasteiger partial charge in [-0.1, -0.05) is 18.2 Å². The first-order valence-corrected chi connectivity index (χ1v) is 8.54. The quantitative estimate of drug-likeness (QED) is 0.812. The van der Waals surface area contributed by atoms with E-state index in [1.165, 1.54) is 12.1 Å². The van der Waals surface area contributed by atoms with Crippen molar-refractivity contribution in [3.63, 3.8) is 0 Å². The predicted molar refractivity (Wildman–Crippen MR) is 96.4 cm³/mol. The third kappa shape index (κ3) is 3.82. The number of alkyl halides is 3. The van der Waals surface area contributed by atoms with Crippen LogP contribution in [-0.2, 0) is 15.8 Å². The maximum atomic E-state index is 12.8. The van der Waals surface area contributed by atoms with E-state index in [9.17, 15) is 22.8 Å². The van der Waals surface area contributed by atoms with Crippen molar-refractivity contribution in [1.29, 1.82) is 0 Å². The first-order valence-electron chi connectivity index (χ1n) is 8.54. The van der Waals surface area contributed by atoms with E-state index in [0.29, 0.717) is 13.0 Å². The van der Waals surface area contributed by atoms with E-state index < -0.39 is 23.6 Å². The van der Waals surface area contributed by atoms with E-state index >= 15 is 0 Å². The highest BCUT2D eigenvalue weighted by Crippen LogP contribution is 2.32. The van der Waals surface area contributed by atoms with Gasteiger partial charge in [0.15, 0.2) is 0 Å². The monoisotopic (exact) mass is 376 g/mol. The van der Waals surface area contributed by atoms with Crippen LogP contribution >= 0.6 is 0 Å².